The van der Waals surface area contributed by atoms with Crippen LogP contribution in [0.15, 0.2) is 30.3 Å². The van der Waals surface area contributed by atoms with Gasteiger partial charge in [-0.25, -0.2) is 0 Å². The van der Waals surface area contributed by atoms with E-state index in [2.05, 4.69) is 6.92 Å². The molecule has 0 saturated heterocycles. The number of anilines is 2. The van der Waals surface area contributed by atoms with Crippen molar-refractivity contribution in [2.45, 2.75) is 33.6 Å². The van der Waals surface area contributed by atoms with Crippen molar-refractivity contribution in [1.82, 2.24) is 0 Å². The fourth-order valence-electron chi connectivity index (χ4n) is 4.60. The molecule has 3 aromatic carbocycles. The van der Waals surface area contributed by atoms with Crippen LogP contribution in [0.1, 0.15) is 62.7 Å². The zero-order chi connectivity index (χ0) is 26.1. The lowest BCUT2D eigenvalue weighted by Gasteiger charge is -2.23. The Morgan fingerprint density at radius 1 is 0.806 bits per heavy atom. The number of rotatable bonds is 8. The molecule has 0 aromatic heterocycles. The molecule has 0 saturated carbocycles. The van der Waals surface area contributed by atoms with Gasteiger partial charge in [-0.05, 0) is 67.3 Å². The van der Waals surface area contributed by atoms with E-state index in [0.717, 1.165) is 24.0 Å². The number of aryl methyl sites for hydroxylation is 2. The molecule has 0 bridgehead atoms. The number of ketones is 2. The second kappa shape index (κ2) is 9.91. The summed E-state index contributed by atoms with van der Waals surface area (Å²) in [6, 6.07) is 7.70. The molecule has 0 heterocycles. The molecule has 0 fully saturated rings. The van der Waals surface area contributed by atoms with Gasteiger partial charge >= 0.3 is 0 Å². The number of carbonyl (C=O) groups excluding carboxylic acids is 2. The summed E-state index contributed by atoms with van der Waals surface area (Å²) in [6.07, 6.45) is 2.08. The molecule has 0 spiro atoms. The van der Waals surface area contributed by atoms with E-state index in [9.17, 15) is 19.8 Å². The van der Waals surface area contributed by atoms with Crippen molar-refractivity contribution in [1.29, 1.82) is 0 Å². The zero-order valence-corrected chi connectivity index (χ0v) is 20.6. The molecule has 0 radical (unpaired) electrons. The van der Waals surface area contributed by atoms with Gasteiger partial charge in [0.15, 0.2) is 0 Å². The molecule has 8 heteroatoms. The number of carbonyl (C=O) groups is 2. The fourth-order valence-corrected chi connectivity index (χ4v) is 4.60. The van der Waals surface area contributed by atoms with Crippen molar-refractivity contribution in [3.63, 3.8) is 0 Å². The van der Waals surface area contributed by atoms with Gasteiger partial charge in [0.25, 0.3) is 0 Å². The van der Waals surface area contributed by atoms with Crippen LogP contribution in [0.5, 0.6) is 17.2 Å². The van der Waals surface area contributed by atoms with Gasteiger partial charge in [0.05, 0.1) is 28.9 Å². The number of phenolic OH excluding ortho intramolecular Hbond substituents is 2. The average Bonchev–Trinajstić information content (AvgIpc) is 2.83. The summed E-state index contributed by atoms with van der Waals surface area (Å²) in [6.45, 7) is 7.47. The highest BCUT2D eigenvalue weighted by Gasteiger charge is 2.38. The summed E-state index contributed by atoms with van der Waals surface area (Å²) in [7, 11) is 0. The number of nitrogens with two attached hydrogens (primary N) is 2. The first kappa shape index (κ1) is 25.1. The molecule has 3 aromatic rings. The minimum absolute atomic E-state index is 0.0171. The van der Waals surface area contributed by atoms with Crippen LogP contribution in [0.2, 0.25) is 0 Å². The largest absolute Gasteiger partial charge is 0.507 e. The smallest absolute Gasteiger partial charge is 0.200 e. The maximum Gasteiger partial charge on any atom is 0.200 e. The van der Waals surface area contributed by atoms with Gasteiger partial charge in [-0.1, -0.05) is 13.3 Å². The molecule has 4 rings (SSSR count). The monoisotopic (exact) mass is 490 g/mol. The standard InChI is InChI=1S/C28H30N2O6/c1-4-5-8-35-9-10-36-28-14(2)11-16(12-15(28)3)17-13-19(30)22-24(25(17)32)27(34)21-18(29)6-7-20(31)23(21)26(22)33/h6-7,11-13,31-32H,4-5,8-10,29-30H2,1-3H3. The van der Waals surface area contributed by atoms with Crippen molar-refractivity contribution in [2.24, 2.45) is 0 Å². The molecule has 0 atom stereocenters. The molecule has 6 N–H and O–H groups in total. The SMILES string of the molecule is CCCCOCCOc1c(C)cc(-c2cc(N)c3c(c2O)C(=O)c2c(N)ccc(O)c2C3=O)cc1C. The maximum absolute atomic E-state index is 13.4. The van der Waals surface area contributed by atoms with Crippen LogP contribution in [0.4, 0.5) is 11.4 Å². The first-order valence-electron chi connectivity index (χ1n) is 11.9. The third-order valence-corrected chi connectivity index (χ3v) is 6.34. The van der Waals surface area contributed by atoms with Crippen LogP contribution < -0.4 is 16.2 Å². The van der Waals surface area contributed by atoms with Crippen LogP contribution in [0, 0.1) is 13.8 Å². The van der Waals surface area contributed by atoms with E-state index in [1.807, 2.05) is 26.0 Å². The average molecular weight is 491 g/mol. The molecule has 0 unspecified atom stereocenters. The van der Waals surface area contributed by atoms with E-state index in [1.165, 1.54) is 18.2 Å². The topological polar surface area (TPSA) is 145 Å². The number of hydrogen-bond donors (Lipinski definition) is 4. The fraction of sp³-hybridized carbons (Fsp3) is 0.286. The Hall–Kier alpha value is -4.04. The highest BCUT2D eigenvalue weighted by molar-refractivity contribution is 6.33. The number of ether oxygens (including phenoxy) is 2. The first-order valence-corrected chi connectivity index (χ1v) is 11.9. The van der Waals surface area contributed by atoms with E-state index in [4.69, 9.17) is 20.9 Å². The lowest BCUT2D eigenvalue weighted by Crippen LogP contribution is -2.24. The Morgan fingerprint density at radius 3 is 2.11 bits per heavy atom. The number of unbranched alkanes of at least 4 members (excludes halogenated alkanes) is 1. The molecular formula is C28H30N2O6. The third kappa shape index (κ3) is 4.24. The van der Waals surface area contributed by atoms with Gasteiger partial charge in [-0.15, -0.1) is 0 Å². The van der Waals surface area contributed by atoms with Crippen LogP contribution in [0.25, 0.3) is 11.1 Å². The zero-order valence-electron chi connectivity index (χ0n) is 20.6. The predicted molar refractivity (Wildman–Crippen MR) is 138 cm³/mol. The number of hydrogen-bond acceptors (Lipinski definition) is 8. The van der Waals surface area contributed by atoms with E-state index >= 15 is 0 Å². The summed E-state index contributed by atoms with van der Waals surface area (Å²) >= 11 is 0. The highest BCUT2D eigenvalue weighted by Crippen LogP contribution is 2.45. The number of phenols is 2. The van der Waals surface area contributed by atoms with Crippen molar-refractivity contribution >= 4 is 22.9 Å². The van der Waals surface area contributed by atoms with Crippen LogP contribution >= 0.6 is 0 Å². The number of benzene rings is 3. The van der Waals surface area contributed by atoms with E-state index < -0.39 is 11.6 Å². The normalized spacial score (nSPS) is 12.4. The summed E-state index contributed by atoms with van der Waals surface area (Å²) in [5, 5.41) is 21.4. The summed E-state index contributed by atoms with van der Waals surface area (Å²) in [4.78, 5) is 26.6. The van der Waals surface area contributed by atoms with Gasteiger partial charge < -0.3 is 31.2 Å². The number of nitrogen functional groups attached to an aromatic ring is 2. The second-order valence-corrected chi connectivity index (χ2v) is 8.95. The molecular weight excluding hydrogens is 460 g/mol. The van der Waals surface area contributed by atoms with Crippen LogP contribution in [0.3, 0.4) is 0 Å². The van der Waals surface area contributed by atoms with Gasteiger partial charge in [0, 0.05) is 23.5 Å². The van der Waals surface area contributed by atoms with E-state index in [0.29, 0.717) is 36.7 Å². The Balaban J connectivity index is 1.72. The van der Waals surface area contributed by atoms with Gasteiger partial charge in [0.2, 0.25) is 11.6 Å². The number of fused-ring (bicyclic) bond motifs is 2. The van der Waals surface area contributed by atoms with Crippen molar-refractivity contribution in [2.75, 3.05) is 31.3 Å². The minimum atomic E-state index is -0.671. The highest BCUT2D eigenvalue weighted by atomic mass is 16.5. The van der Waals surface area contributed by atoms with Gasteiger partial charge in [-0.3, -0.25) is 9.59 Å². The van der Waals surface area contributed by atoms with Crippen LogP contribution in [-0.2, 0) is 4.74 Å². The lowest BCUT2D eigenvalue weighted by atomic mass is 9.80. The maximum atomic E-state index is 13.4. The molecule has 0 amide bonds. The summed E-state index contributed by atoms with van der Waals surface area (Å²) in [5.74, 6) is -1.37. The van der Waals surface area contributed by atoms with Crippen LogP contribution in [-0.4, -0.2) is 41.6 Å². The van der Waals surface area contributed by atoms with Gasteiger partial charge in [-0.2, -0.15) is 0 Å². The molecule has 1 aliphatic carbocycles. The molecule has 0 aliphatic heterocycles. The van der Waals surface area contributed by atoms with Gasteiger partial charge in [0.1, 0.15) is 23.9 Å². The Kier molecular flexibility index (Phi) is 6.90. The Bertz CT molecular complexity index is 1360. The third-order valence-electron chi connectivity index (χ3n) is 6.34. The summed E-state index contributed by atoms with van der Waals surface area (Å²) < 4.78 is 11.5. The minimum Gasteiger partial charge on any atom is -0.507 e. The molecule has 36 heavy (non-hydrogen) atoms. The molecule has 188 valence electrons. The number of aromatic hydroxyl groups is 2. The molecule has 1 aliphatic rings. The lowest BCUT2D eigenvalue weighted by molar-refractivity contribution is 0.0975. The van der Waals surface area contributed by atoms with E-state index in [-0.39, 0.29) is 45.1 Å². The van der Waals surface area contributed by atoms with Crippen molar-refractivity contribution in [3.8, 4) is 28.4 Å². The predicted octanol–water partition coefficient (Wildman–Crippen LogP) is 4.52. The Labute approximate surface area is 209 Å². The van der Waals surface area contributed by atoms with Crippen molar-refractivity contribution in [3.05, 3.63) is 63.7 Å². The van der Waals surface area contributed by atoms with E-state index in [1.54, 1.807) is 0 Å². The Morgan fingerprint density at radius 2 is 1.44 bits per heavy atom. The summed E-state index contributed by atoms with van der Waals surface area (Å²) in [5.41, 5.74) is 14.1. The quantitative estimate of drug-likeness (QED) is 0.160. The second-order valence-electron chi connectivity index (χ2n) is 8.95. The van der Waals surface area contributed by atoms with Crippen molar-refractivity contribution < 1.29 is 29.3 Å². The molecule has 8 nitrogen and oxygen atoms in total. The first-order chi connectivity index (χ1) is 17.2.